The molecule has 0 fully saturated rings. The number of anilines is 1. The number of amides is 2. The number of fused-ring (bicyclic) bond motifs is 5. The highest BCUT2D eigenvalue weighted by atomic mass is 32.1. The van der Waals surface area contributed by atoms with Crippen molar-refractivity contribution < 1.29 is 4.79 Å². The molecular formula is C25H23N3OS2. The summed E-state index contributed by atoms with van der Waals surface area (Å²) in [6.45, 7) is 0.629. The van der Waals surface area contributed by atoms with Gasteiger partial charge in [0, 0.05) is 27.2 Å². The minimum Gasteiger partial charge on any atom is -0.310 e. The number of carbonyl (C=O) groups excluding carboxylic acids is 1. The monoisotopic (exact) mass is 445 g/mol. The van der Waals surface area contributed by atoms with Crippen molar-refractivity contribution in [1.29, 1.82) is 0 Å². The van der Waals surface area contributed by atoms with E-state index >= 15 is 0 Å². The van der Waals surface area contributed by atoms with Crippen LogP contribution in [0, 0.1) is 0 Å². The molecule has 6 rings (SSSR count). The van der Waals surface area contributed by atoms with Crippen molar-refractivity contribution >= 4 is 34.4 Å². The number of benzene rings is 1. The van der Waals surface area contributed by atoms with Crippen LogP contribution in [0.3, 0.4) is 0 Å². The fourth-order valence-corrected chi connectivity index (χ4v) is 7.10. The molecule has 4 heterocycles. The van der Waals surface area contributed by atoms with Gasteiger partial charge in [-0.1, -0.05) is 24.3 Å². The molecule has 0 saturated carbocycles. The number of thiophene rings is 2. The van der Waals surface area contributed by atoms with Gasteiger partial charge in [0.05, 0.1) is 12.2 Å². The van der Waals surface area contributed by atoms with Crippen molar-refractivity contribution in [3.05, 3.63) is 92.7 Å². The van der Waals surface area contributed by atoms with Gasteiger partial charge in [-0.05, 0) is 67.0 Å². The quantitative estimate of drug-likeness (QED) is 0.370. The van der Waals surface area contributed by atoms with Gasteiger partial charge in [-0.2, -0.15) is 0 Å². The first-order chi connectivity index (χ1) is 15.3. The molecule has 0 spiro atoms. The van der Waals surface area contributed by atoms with E-state index < -0.39 is 0 Å². The van der Waals surface area contributed by atoms with Crippen LogP contribution >= 0.6 is 22.7 Å². The molecule has 4 nitrogen and oxygen atoms in total. The number of urea groups is 1. The number of aromatic nitrogens is 1. The Balaban J connectivity index is 1.50. The van der Waals surface area contributed by atoms with Gasteiger partial charge in [-0.15, -0.1) is 22.7 Å². The summed E-state index contributed by atoms with van der Waals surface area (Å²) in [4.78, 5) is 18.4. The molecule has 0 unspecified atom stereocenters. The molecule has 156 valence electrons. The van der Waals surface area contributed by atoms with E-state index in [0.717, 1.165) is 24.2 Å². The van der Waals surface area contributed by atoms with Crippen LogP contribution < -0.4 is 5.32 Å². The van der Waals surface area contributed by atoms with Gasteiger partial charge in [0.2, 0.25) is 0 Å². The van der Waals surface area contributed by atoms with E-state index in [9.17, 15) is 4.79 Å². The number of nitrogens with one attached hydrogen (secondary N) is 1. The standard InChI is InChI=1S/C25H23N3OS2/c29-25(26-17-8-2-1-3-9-17)28-16-19-18-10-4-5-12-21(18)31-24(19)27-14-6-11-20(27)23(28)22-13-7-15-30-22/h1-3,6-9,11,13-15,23H,4-5,10,12,16H2,(H,26,29)/t23-/m1/s1. The lowest BCUT2D eigenvalue weighted by Crippen LogP contribution is -2.37. The van der Waals surface area contributed by atoms with Crippen molar-refractivity contribution in [2.75, 3.05) is 5.32 Å². The molecule has 1 aliphatic carbocycles. The van der Waals surface area contributed by atoms with E-state index in [1.54, 1.807) is 11.3 Å². The predicted molar refractivity (Wildman–Crippen MR) is 127 cm³/mol. The molecule has 0 radical (unpaired) electrons. The molecule has 1 N–H and O–H groups in total. The third-order valence-corrected chi connectivity index (χ3v) is 8.54. The summed E-state index contributed by atoms with van der Waals surface area (Å²) in [7, 11) is 0. The van der Waals surface area contributed by atoms with E-state index in [2.05, 4.69) is 45.7 Å². The zero-order valence-electron chi connectivity index (χ0n) is 17.1. The maximum atomic E-state index is 13.7. The third kappa shape index (κ3) is 3.22. The van der Waals surface area contributed by atoms with Crippen molar-refractivity contribution in [3.63, 3.8) is 0 Å². The summed E-state index contributed by atoms with van der Waals surface area (Å²) in [5.41, 5.74) is 4.79. The smallest absolute Gasteiger partial charge is 0.310 e. The molecule has 31 heavy (non-hydrogen) atoms. The van der Waals surface area contributed by atoms with Crippen molar-refractivity contribution in [3.8, 4) is 5.00 Å². The molecule has 2 aliphatic rings. The number of hydrogen-bond acceptors (Lipinski definition) is 3. The largest absolute Gasteiger partial charge is 0.323 e. The topological polar surface area (TPSA) is 37.3 Å². The highest BCUT2D eigenvalue weighted by Gasteiger charge is 2.36. The zero-order valence-corrected chi connectivity index (χ0v) is 18.7. The molecule has 4 aromatic rings. The average molecular weight is 446 g/mol. The summed E-state index contributed by atoms with van der Waals surface area (Å²) < 4.78 is 2.33. The van der Waals surface area contributed by atoms with Crippen LogP contribution in [-0.2, 0) is 19.4 Å². The number of para-hydroxylation sites is 1. The Labute approximate surface area is 189 Å². The second-order valence-corrected chi connectivity index (χ2v) is 10.2. The molecule has 1 atom stereocenters. The molecular weight excluding hydrogens is 422 g/mol. The third-order valence-electron chi connectivity index (χ3n) is 6.28. The molecule has 3 aromatic heterocycles. The average Bonchev–Trinajstić information content (AvgIpc) is 3.54. The zero-order chi connectivity index (χ0) is 20.8. The van der Waals surface area contributed by atoms with Crippen LogP contribution in [0.25, 0.3) is 5.00 Å². The van der Waals surface area contributed by atoms with E-state index in [4.69, 9.17) is 0 Å². The van der Waals surface area contributed by atoms with Crippen LogP contribution in [-0.4, -0.2) is 15.5 Å². The predicted octanol–water partition coefficient (Wildman–Crippen LogP) is 6.62. The van der Waals surface area contributed by atoms with Gasteiger partial charge in [-0.3, -0.25) is 0 Å². The highest BCUT2D eigenvalue weighted by Crippen LogP contribution is 2.44. The summed E-state index contributed by atoms with van der Waals surface area (Å²) in [5, 5.41) is 6.53. The molecule has 2 amide bonds. The van der Waals surface area contributed by atoms with Gasteiger partial charge in [-0.25, -0.2) is 4.79 Å². The normalized spacial score (nSPS) is 17.4. The Bertz CT molecular complexity index is 1220. The Morgan fingerprint density at radius 3 is 2.68 bits per heavy atom. The summed E-state index contributed by atoms with van der Waals surface area (Å²) in [5.74, 6) is 0. The minimum absolute atomic E-state index is 0.0547. The molecule has 1 aromatic carbocycles. The van der Waals surface area contributed by atoms with Crippen molar-refractivity contribution in [2.45, 2.75) is 38.3 Å². The van der Waals surface area contributed by atoms with E-state index in [-0.39, 0.29) is 12.1 Å². The first kappa shape index (κ1) is 18.9. The Morgan fingerprint density at radius 2 is 1.84 bits per heavy atom. The minimum atomic E-state index is -0.113. The lowest BCUT2D eigenvalue weighted by Gasteiger charge is -2.30. The number of rotatable bonds is 2. The summed E-state index contributed by atoms with van der Waals surface area (Å²) in [6.07, 6.45) is 6.94. The molecule has 6 heteroatoms. The molecule has 0 saturated heterocycles. The van der Waals surface area contributed by atoms with Crippen molar-refractivity contribution in [1.82, 2.24) is 9.47 Å². The number of carbonyl (C=O) groups is 1. The first-order valence-electron chi connectivity index (χ1n) is 10.8. The summed E-state index contributed by atoms with van der Waals surface area (Å²) >= 11 is 3.64. The molecule has 0 bridgehead atoms. The van der Waals surface area contributed by atoms with Gasteiger partial charge >= 0.3 is 6.03 Å². The van der Waals surface area contributed by atoms with Gasteiger partial charge in [0.25, 0.3) is 0 Å². The van der Waals surface area contributed by atoms with Crippen LogP contribution in [0.1, 0.15) is 45.5 Å². The first-order valence-corrected chi connectivity index (χ1v) is 12.5. The Morgan fingerprint density at radius 1 is 0.968 bits per heavy atom. The van der Waals surface area contributed by atoms with Crippen LogP contribution in [0.2, 0.25) is 0 Å². The van der Waals surface area contributed by atoms with Gasteiger partial charge < -0.3 is 14.8 Å². The Kier molecular flexibility index (Phi) is 4.69. The fraction of sp³-hybridized carbons (Fsp3) is 0.240. The van der Waals surface area contributed by atoms with Crippen LogP contribution in [0.5, 0.6) is 0 Å². The number of nitrogens with zero attached hydrogens (tertiary/aromatic N) is 2. The fourth-order valence-electron chi connectivity index (χ4n) is 4.85. The molecule has 1 aliphatic heterocycles. The van der Waals surface area contributed by atoms with Gasteiger partial charge in [0.1, 0.15) is 11.0 Å². The maximum absolute atomic E-state index is 13.7. The SMILES string of the molecule is O=C(Nc1ccccc1)N1Cc2c(sc3c2CCCC3)-n2cccc2[C@@H]1c1cccs1. The van der Waals surface area contributed by atoms with E-state index in [1.807, 2.05) is 46.6 Å². The van der Waals surface area contributed by atoms with Crippen LogP contribution in [0.4, 0.5) is 10.5 Å². The van der Waals surface area contributed by atoms with E-state index in [0.29, 0.717) is 6.54 Å². The summed E-state index contributed by atoms with van der Waals surface area (Å²) in [6, 6.07) is 18.1. The highest BCUT2D eigenvalue weighted by molar-refractivity contribution is 7.15. The second-order valence-electron chi connectivity index (χ2n) is 8.14. The van der Waals surface area contributed by atoms with Crippen LogP contribution in [0.15, 0.2) is 66.2 Å². The lowest BCUT2D eigenvalue weighted by atomic mass is 9.95. The second kappa shape index (κ2) is 7.70. The lowest BCUT2D eigenvalue weighted by molar-refractivity contribution is 0.195. The number of hydrogen-bond donors (Lipinski definition) is 1. The van der Waals surface area contributed by atoms with E-state index in [1.165, 1.54) is 38.7 Å². The maximum Gasteiger partial charge on any atom is 0.323 e. The van der Waals surface area contributed by atoms with Crippen molar-refractivity contribution in [2.24, 2.45) is 0 Å². The Hall–Kier alpha value is -2.83. The number of aryl methyl sites for hydroxylation is 1. The van der Waals surface area contributed by atoms with Gasteiger partial charge in [0.15, 0.2) is 0 Å².